The van der Waals surface area contributed by atoms with Gasteiger partial charge < -0.3 is 15.5 Å². The summed E-state index contributed by atoms with van der Waals surface area (Å²) in [4.78, 5) is 9.21. The molecule has 24 heavy (non-hydrogen) atoms. The summed E-state index contributed by atoms with van der Waals surface area (Å²) >= 11 is 0. The Morgan fingerprint density at radius 1 is 1.25 bits per heavy atom. The Labute approximate surface area is 161 Å². The molecule has 1 fully saturated rings. The number of guanidine groups is 1. The van der Waals surface area contributed by atoms with Gasteiger partial charge in [0, 0.05) is 44.3 Å². The molecule has 0 aliphatic carbocycles. The molecule has 1 aliphatic heterocycles. The molecule has 1 heterocycles. The van der Waals surface area contributed by atoms with Gasteiger partial charge in [0.15, 0.2) is 5.96 Å². The van der Waals surface area contributed by atoms with Crippen molar-refractivity contribution in [2.75, 3.05) is 46.8 Å². The molecular weight excluding hydrogens is 420 g/mol. The summed E-state index contributed by atoms with van der Waals surface area (Å²) in [5, 5.41) is 6.60. The topological polar surface area (TPSA) is 42.9 Å². The molecule has 1 unspecified atom stereocenters. The number of piperazine rings is 1. The fourth-order valence-electron chi connectivity index (χ4n) is 2.67. The second-order valence-electron chi connectivity index (χ2n) is 6.06. The highest BCUT2D eigenvalue weighted by atomic mass is 127. The molecule has 0 amide bonds. The fourth-order valence-corrected chi connectivity index (χ4v) is 2.67. The Morgan fingerprint density at radius 3 is 2.71 bits per heavy atom. The van der Waals surface area contributed by atoms with Crippen LogP contribution in [0, 0.1) is 5.82 Å². The largest absolute Gasteiger partial charge is 0.357 e. The van der Waals surface area contributed by atoms with E-state index >= 15 is 0 Å². The third-order valence-corrected chi connectivity index (χ3v) is 4.19. The molecule has 1 saturated heterocycles. The zero-order valence-corrected chi connectivity index (χ0v) is 17.1. The number of halogens is 2. The van der Waals surface area contributed by atoms with Crippen molar-refractivity contribution in [2.45, 2.75) is 19.5 Å². The summed E-state index contributed by atoms with van der Waals surface area (Å²) in [7, 11) is 4.31. The van der Waals surface area contributed by atoms with Crippen LogP contribution in [-0.4, -0.2) is 68.6 Å². The lowest BCUT2D eigenvalue weighted by atomic mass is 10.2. The molecule has 1 atom stereocenters. The van der Waals surface area contributed by atoms with Gasteiger partial charge in [0.25, 0.3) is 0 Å². The van der Waals surface area contributed by atoms with Crippen molar-refractivity contribution in [1.29, 1.82) is 0 Å². The van der Waals surface area contributed by atoms with Crippen LogP contribution in [0.5, 0.6) is 0 Å². The predicted molar refractivity (Wildman–Crippen MR) is 109 cm³/mol. The van der Waals surface area contributed by atoms with Crippen LogP contribution in [0.15, 0.2) is 29.3 Å². The molecule has 7 heteroatoms. The SMILES string of the molecule is CCNC(=NCc1ccccc1F)NCC1CN(C)CCN1C.I. The summed E-state index contributed by atoms with van der Waals surface area (Å²) in [6.07, 6.45) is 0. The minimum Gasteiger partial charge on any atom is -0.357 e. The van der Waals surface area contributed by atoms with Gasteiger partial charge in [0.05, 0.1) is 6.54 Å². The number of nitrogens with zero attached hydrogens (tertiary/aromatic N) is 3. The molecule has 1 aromatic carbocycles. The van der Waals surface area contributed by atoms with Gasteiger partial charge in [-0.3, -0.25) is 4.90 Å². The van der Waals surface area contributed by atoms with Gasteiger partial charge in [-0.25, -0.2) is 9.38 Å². The van der Waals surface area contributed by atoms with Crippen LogP contribution in [0.3, 0.4) is 0 Å². The van der Waals surface area contributed by atoms with E-state index in [9.17, 15) is 4.39 Å². The summed E-state index contributed by atoms with van der Waals surface area (Å²) in [6, 6.07) is 7.22. The summed E-state index contributed by atoms with van der Waals surface area (Å²) in [5.74, 6) is 0.526. The average Bonchev–Trinajstić information content (AvgIpc) is 2.54. The zero-order valence-electron chi connectivity index (χ0n) is 14.8. The molecule has 5 nitrogen and oxygen atoms in total. The van der Waals surface area contributed by atoms with Crippen molar-refractivity contribution in [3.05, 3.63) is 35.6 Å². The van der Waals surface area contributed by atoms with Gasteiger partial charge in [0.1, 0.15) is 5.82 Å². The number of hydrogen-bond donors (Lipinski definition) is 2. The van der Waals surface area contributed by atoms with E-state index in [1.54, 1.807) is 12.1 Å². The molecular formula is C17H29FIN5. The lowest BCUT2D eigenvalue weighted by molar-refractivity contribution is 0.116. The van der Waals surface area contributed by atoms with E-state index in [-0.39, 0.29) is 29.8 Å². The molecule has 2 rings (SSSR count). The van der Waals surface area contributed by atoms with Crippen molar-refractivity contribution in [2.24, 2.45) is 4.99 Å². The predicted octanol–water partition coefficient (Wildman–Crippen LogP) is 1.74. The van der Waals surface area contributed by atoms with Crippen LogP contribution in [0.25, 0.3) is 0 Å². The second kappa shape index (κ2) is 10.8. The van der Waals surface area contributed by atoms with Gasteiger partial charge in [-0.1, -0.05) is 18.2 Å². The summed E-state index contributed by atoms with van der Waals surface area (Å²) in [6.45, 7) is 7.19. The van der Waals surface area contributed by atoms with Gasteiger partial charge in [-0.15, -0.1) is 24.0 Å². The first kappa shape index (κ1) is 21.1. The zero-order chi connectivity index (χ0) is 16.7. The highest BCUT2D eigenvalue weighted by molar-refractivity contribution is 14.0. The number of benzene rings is 1. The molecule has 0 bridgehead atoms. The molecule has 1 aliphatic rings. The maximum Gasteiger partial charge on any atom is 0.191 e. The van der Waals surface area contributed by atoms with Crippen molar-refractivity contribution >= 4 is 29.9 Å². The second-order valence-corrected chi connectivity index (χ2v) is 6.06. The van der Waals surface area contributed by atoms with Crippen LogP contribution in [0.2, 0.25) is 0 Å². The van der Waals surface area contributed by atoms with Gasteiger partial charge in [-0.05, 0) is 27.1 Å². The van der Waals surface area contributed by atoms with Crippen LogP contribution in [0.1, 0.15) is 12.5 Å². The average molecular weight is 449 g/mol. The maximum atomic E-state index is 13.7. The molecule has 0 radical (unpaired) electrons. The third kappa shape index (κ3) is 6.52. The Morgan fingerprint density at radius 2 is 2.00 bits per heavy atom. The van der Waals surface area contributed by atoms with Crippen molar-refractivity contribution < 1.29 is 4.39 Å². The van der Waals surface area contributed by atoms with Gasteiger partial charge in [-0.2, -0.15) is 0 Å². The highest BCUT2D eigenvalue weighted by Gasteiger charge is 2.21. The first-order valence-electron chi connectivity index (χ1n) is 8.24. The first-order valence-corrected chi connectivity index (χ1v) is 8.24. The van der Waals surface area contributed by atoms with Crippen molar-refractivity contribution in [1.82, 2.24) is 20.4 Å². The molecule has 0 spiro atoms. The smallest absolute Gasteiger partial charge is 0.191 e. The lowest BCUT2D eigenvalue weighted by Crippen LogP contribution is -2.55. The molecule has 0 saturated carbocycles. The highest BCUT2D eigenvalue weighted by Crippen LogP contribution is 2.07. The number of likely N-dealkylation sites (N-methyl/N-ethyl adjacent to an activating group) is 2. The Bertz CT molecular complexity index is 525. The van der Waals surface area contributed by atoms with Crippen LogP contribution in [-0.2, 0) is 6.54 Å². The van der Waals surface area contributed by atoms with Gasteiger partial charge >= 0.3 is 0 Å². The van der Waals surface area contributed by atoms with E-state index in [1.807, 2.05) is 13.0 Å². The van der Waals surface area contributed by atoms with E-state index < -0.39 is 0 Å². The Balaban J connectivity index is 0.00000288. The number of hydrogen-bond acceptors (Lipinski definition) is 3. The van der Waals surface area contributed by atoms with E-state index in [2.05, 4.69) is 39.5 Å². The third-order valence-electron chi connectivity index (χ3n) is 4.19. The molecule has 2 N–H and O–H groups in total. The van der Waals surface area contributed by atoms with Crippen LogP contribution >= 0.6 is 24.0 Å². The van der Waals surface area contributed by atoms with E-state index in [1.165, 1.54) is 6.07 Å². The molecule has 136 valence electrons. The van der Waals surface area contributed by atoms with Crippen LogP contribution in [0.4, 0.5) is 4.39 Å². The minimum absolute atomic E-state index is 0. The fraction of sp³-hybridized carbons (Fsp3) is 0.588. The minimum atomic E-state index is -0.208. The van der Waals surface area contributed by atoms with E-state index in [4.69, 9.17) is 0 Å². The number of rotatable bonds is 5. The summed E-state index contributed by atoms with van der Waals surface area (Å²) < 4.78 is 13.7. The van der Waals surface area contributed by atoms with E-state index in [0.29, 0.717) is 18.2 Å². The monoisotopic (exact) mass is 449 g/mol. The molecule has 0 aromatic heterocycles. The van der Waals surface area contributed by atoms with Crippen molar-refractivity contribution in [3.63, 3.8) is 0 Å². The number of aliphatic imine (C=N–C) groups is 1. The quantitative estimate of drug-likeness (QED) is 0.409. The standard InChI is InChI=1S/C17H28FN5.HI/c1-4-19-17(20-11-14-7-5-6-8-16(14)18)21-12-15-13-22(2)9-10-23(15)3;/h5-8,15H,4,9-13H2,1-3H3,(H2,19,20,21);1H. The Kier molecular flexibility index (Phi) is 9.53. The Hall–Kier alpha value is -0.930. The van der Waals surface area contributed by atoms with Crippen molar-refractivity contribution in [3.8, 4) is 0 Å². The molecule has 1 aromatic rings. The summed E-state index contributed by atoms with van der Waals surface area (Å²) in [5.41, 5.74) is 0.610. The first-order chi connectivity index (χ1) is 11.1. The van der Waals surface area contributed by atoms with Gasteiger partial charge in [0.2, 0.25) is 0 Å². The number of nitrogens with one attached hydrogen (secondary N) is 2. The lowest BCUT2D eigenvalue weighted by Gasteiger charge is -2.37. The van der Waals surface area contributed by atoms with E-state index in [0.717, 1.165) is 38.7 Å². The maximum absolute atomic E-state index is 13.7. The van der Waals surface area contributed by atoms with Crippen LogP contribution < -0.4 is 10.6 Å². The normalized spacial score (nSPS) is 19.7.